The maximum atomic E-state index is 4.08. The minimum Gasteiger partial charge on any atom is -0.242 e. The van der Waals surface area contributed by atoms with Crippen LogP contribution in [0.25, 0.3) is 11.2 Å². The Morgan fingerprint density at radius 3 is 3.09 bits per heavy atom. The maximum absolute atomic E-state index is 4.08. The lowest BCUT2D eigenvalue weighted by molar-refractivity contribution is 0.931. The van der Waals surface area contributed by atoms with Gasteiger partial charge in [-0.3, -0.25) is 0 Å². The van der Waals surface area contributed by atoms with Crippen molar-refractivity contribution in [2.24, 2.45) is 0 Å². The first kappa shape index (κ1) is 6.09. The summed E-state index contributed by atoms with van der Waals surface area (Å²) in [5, 5.41) is 7.57. The highest BCUT2D eigenvalue weighted by Crippen LogP contribution is 1.99. The Hall–Kier alpha value is -1.65. The zero-order chi connectivity index (χ0) is 7.68. The number of rotatable bonds is 0. The van der Waals surface area contributed by atoms with Crippen molar-refractivity contribution in [1.29, 1.82) is 0 Å². The van der Waals surface area contributed by atoms with Gasteiger partial charge in [0.05, 0.1) is 6.20 Å². The van der Waals surface area contributed by atoms with Gasteiger partial charge in [0.25, 0.3) is 0 Å². The first-order chi connectivity index (χ1) is 5.36. The first-order valence-electron chi connectivity index (χ1n) is 3.13. The van der Waals surface area contributed by atoms with E-state index >= 15 is 0 Å². The average Bonchev–Trinajstić information content (AvgIpc) is 2.04. The van der Waals surface area contributed by atoms with Crippen molar-refractivity contribution < 1.29 is 0 Å². The largest absolute Gasteiger partial charge is 0.242 e. The Balaban J connectivity index is 2.83. The third-order valence-electron chi connectivity index (χ3n) is 1.24. The highest BCUT2D eigenvalue weighted by atomic mass is 15.2. The van der Waals surface area contributed by atoms with Gasteiger partial charge in [-0.2, -0.15) is 0 Å². The minimum atomic E-state index is 0.533. The highest BCUT2D eigenvalue weighted by molar-refractivity contribution is 5.66. The third kappa shape index (κ3) is 1.000. The average molecular weight is 147 g/mol. The fourth-order valence-electron chi connectivity index (χ4n) is 0.788. The van der Waals surface area contributed by atoms with Crippen molar-refractivity contribution in [3.8, 4) is 0 Å². The predicted octanol–water partition coefficient (Wildman–Crippen LogP) is 0.123. The zero-order valence-electron chi connectivity index (χ0n) is 5.89. The van der Waals surface area contributed by atoms with Crippen LogP contribution >= 0.6 is 0 Å². The predicted molar refractivity (Wildman–Crippen MR) is 37.7 cm³/mol. The van der Waals surface area contributed by atoms with Crippen molar-refractivity contribution in [1.82, 2.24) is 25.1 Å². The van der Waals surface area contributed by atoms with Crippen LogP contribution in [0.2, 0.25) is 0 Å². The number of aryl methyl sites for hydroxylation is 1. The smallest absolute Gasteiger partial charge is 0.203 e. The number of fused-ring (bicyclic) bond motifs is 1. The summed E-state index contributed by atoms with van der Waals surface area (Å²) >= 11 is 0. The van der Waals surface area contributed by atoms with Gasteiger partial charge >= 0.3 is 0 Å². The summed E-state index contributed by atoms with van der Waals surface area (Å²) in [6.45, 7) is 1.78. The van der Waals surface area contributed by atoms with Gasteiger partial charge in [-0.1, -0.05) is 0 Å². The Bertz CT molecular complexity index is 385. The number of hydrogen-bond donors (Lipinski definition) is 0. The van der Waals surface area contributed by atoms with E-state index in [1.54, 1.807) is 13.1 Å². The second-order valence-electron chi connectivity index (χ2n) is 2.09. The van der Waals surface area contributed by atoms with Gasteiger partial charge < -0.3 is 0 Å². The van der Waals surface area contributed by atoms with Crippen LogP contribution < -0.4 is 0 Å². The van der Waals surface area contributed by atoms with Crippen LogP contribution in [0.3, 0.4) is 0 Å². The molecular formula is C6H5N5. The Labute approximate surface area is 62.5 Å². The Kier molecular flexibility index (Phi) is 1.21. The summed E-state index contributed by atoms with van der Waals surface area (Å²) < 4.78 is 0. The standard InChI is InChI=1S/C6H5N5/c1-4-9-5-2-7-3-8-6(5)11-10-4/h2-3H,1H3. The van der Waals surface area contributed by atoms with E-state index in [0.29, 0.717) is 17.0 Å². The monoisotopic (exact) mass is 147 g/mol. The molecule has 0 saturated heterocycles. The van der Waals surface area contributed by atoms with E-state index in [4.69, 9.17) is 0 Å². The topological polar surface area (TPSA) is 64.5 Å². The lowest BCUT2D eigenvalue weighted by Gasteiger charge is -1.92. The van der Waals surface area contributed by atoms with Gasteiger partial charge in [0.1, 0.15) is 17.7 Å². The highest BCUT2D eigenvalue weighted by Gasteiger charge is 1.96. The zero-order valence-corrected chi connectivity index (χ0v) is 5.89. The second-order valence-corrected chi connectivity index (χ2v) is 2.09. The van der Waals surface area contributed by atoms with Crippen molar-refractivity contribution >= 4 is 11.2 Å². The van der Waals surface area contributed by atoms with Gasteiger partial charge in [-0.15, -0.1) is 10.2 Å². The molecule has 0 atom stereocenters. The van der Waals surface area contributed by atoms with Gasteiger partial charge in [0, 0.05) is 0 Å². The number of hydrogen-bond acceptors (Lipinski definition) is 5. The van der Waals surface area contributed by atoms with E-state index in [1.165, 1.54) is 6.33 Å². The molecule has 0 aromatic carbocycles. The molecule has 2 heterocycles. The van der Waals surface area contributed by atoms with E-state index in [0.717, 1.165) is 0 Å². The van der Waals surface area contributed by atoms with Crippen LogP contribution in [0.1, 0.15) is 5.82 Å². The lowest BCUT2D eigenvalue weighted by atomic mass is 10.5. The summed E-state index contributed by atoms with van der Waals surface area (Å²) in [6.07, 6.45) is 3.04. The van der Waals surface area contributed by atoms with Crippen LogP contribution in [-0.2, 0) is 0 Å². The Morgan fingerprint density at radius 1 is 1.27 bits per heavy atom. The lowest BCUT2D eigenvalue weighted by Crippen LogP contribution is -1.94. The van der Waals surface area contributed by atoms with E-state index < -0.39 is 0 Å². The molecule has 0 N–H and O–H groups in total. The van der Waals surface area contributed by atoms with Crippen molar-refractivity contribution in [3.05, 3.63) is 18.3 Å². The molecule has 0 fully saturated rings. The van der Waals surface area contributed by atoms with Crippen LogP contribution in [0, 0.1) is 6.92 Å². The van der Waals surface area contributed by atoms with E-state index in [-0.39, 0.29) is 0 Å². The molecule has 0 amide bonds. The van der Waals surface area contributed by atoms with E-state index in [1.807, 2.05) is 0 Å². The molecule has 11 heavy (non-hydrogen) atoms. The molecule has 5 nitrogen and oxygen atoms in total. The first-order valence-corrected chi connectivity index (χ1v) is 3.13. The fourth-order valence-corrected chi connectivity index (χ4v) is 0.788. The summed E-state index contributed by atoms with van der Waals surface area (Å²) in [4.78, 5) is 11.8. The maximum Gasteiger partial charge on any atom is 0.203 e. The molecule has 0 aliphatic carbocycles. The molecular weight excluding hydrogens is 142 g/mol. The summed E-state index contributed by atoms with van der Waals surface area (Å²) in [5.41, 5.74) is 1.21. The molecule has 2 aromatic heterocycles. The minimum absolute atomic E-state index is 0.533. The molecule has 0 aliphatic heterocycles. The van der Waals surface area contributed by atoms with Crippen molar-refractivity contribution in [3.63, 3.8) is 0 Å². The molecule has 2 rings (SSSR count). The van der Waals surface area contributed by atoms with Gasteiger partial charge in [0.15, 0.2) is 0 Å². The molecule has 0 unspecified atom stereocenters. The molecule has 0 aliphatic rings. The van der Waals surface area contributed by atoms with Crippen LogP contribution in [0.4, 0.5) is 0 Å². The Morgan fingerprint density at radius 2 is 2.18 bits per heavy atom. The van der Waals surface area contributed by atoms with Gasteiger partial charge in [-0.05, 0) is 6.92 Å². The number of nitrogens with zero attached hydrogens (tertiary/aromatic N) is 5. The van der Waals surface area contributed by atoms with Crippen molar-refractivity contribution in [2.45, 2.75) is 6.92 Å². The summed E-state index contributed by atoms with van der Waals surface area (Å²) in [6, 6.07) is 0. The van der Waals surface area contributed by atoms with E-state index in [2.05, 4.69) is 25.1 Å². The second kappa shape index (κ2) is 2.19. The molecule has 0 saturated carbocycles. The SMILES string of the molecule is Cc1nnc2ncncc2n1. The molecule has 2 aromatic rings. The van der Waals surface area contributed by atoms with Gasteiger partial charge in [0.2, 0.25) is 5.65 Å². The summed E-state index contributed by atoms with van der Waals surface area (Å²) in [5.74, 6) is 0.632. The molecule has 5 heteroatoms. The summed E-state index contributed by atoms with van der Waals surface area (Å²) in [7, 11) is 0. The number of aromatic nitrogens is 5. The van der Waals surface area contributed by atoms with Crippen molar-refractivity contribution in [2.75, 3.05) is 0 Å². The van der Waals surface area contributed by atoms with Crippen LogP contribution in [0.5, 0.6) is 0 Å². The third-order valence-corrected chi connectivity index (χ3v) is 1.24. The molecule has 0 radical (unpaired) electrons. The van der Waals surface area contributed by atoms with Crippen LogP contribution in [0.15, 0.2) is 12.5 Å². The fraction of sp³-hybridized carbons (Fsp3) is 0.167. The molecule has 54 valence electrons. The van der Waals surface area contributed by atoms with Gasteiger partial charge in [-0.25, -0.2) is 15.0 Å². The quantitative estimate of drug-likeness (QED) is 0.529. The molecule has 0 bridgehead atoms. The van der Waals surface area contributed by atoms with E-state index in [9.17, 15) is 0 Å². The normalized spacial score (nSPS) is 10.3. The van der Waals surface area contributed by atoms with Crippen LogP contribution in [-0.4, -0.2) is 25.1 Å². The molecule has 0 spiro atoms.